The minimum atomic E-state index is -0.609. The van der Waals surface area contributed by atoms with Crippen LogP contribution in [0.5, 0.6) is 5.75 Å². The van der Waals surface area contributed by atoms with E-state index in [9.17, 15) is 15.2 Å². The first-order valence-electron chi connectivity index (χ1n) is 6.50. The van der Waals surface area contributed by atoms with E-state index in [0.29, 0.717) is 18.5 Å². The van der Waals surface area contributed by atoms with E-state index in [1.54, 1.807) is 6.07 Å². The quantitative estimate of drug-likeness (QED) is 0.560. The van der Waals surface area contributed by atoms with Crippen molar-refractivity contribution < 1.29 is 15.1 Å². The molecule has 0 heterocycles. The maximum absolute atomic E-state index is 10.8. The lowest BCUT2D eigenvalue weighted by molar-refractivity contribution is -0.385. The Balaban J connectivity index is 2.02. The number of hydrogen-bond acceptors (Lipinski definition) is 5. The van der Waals surface area contributed by atoms with E-state index in [-0.39, 0.29) is 18.0 Å². The lowest BCUT2D eigenvalue weighted by Crippen LogP contribution is -2.00. The predicted octanol–water partition coefficient (Wildman–Crippen LogP) is 2.45. The van der Waals surface area contributed by atoms with Gasteiger partial charge >= 0.3 is 5.69 Å². The van der Waals surface area contributed by atoms with Gasteiger partial charge in [0.15, 0.2) is 5.75 Å². The smallest absolute Gasteiger partial charge is 0.311 e. The minimum Gasteiger partial charge on any atom is -0.502 e. The molecule has 0 aliphatic rings. The number of anilines is 1. The number of phenols is 1. The first-order chi connectivity index (χ1) is 10.1. The molecule has 0 radical (unpaired) electrons. The van der Waals surface area contributed by atoms with Crippen molar-refractivity contribution in [1.29, 1.82) is 0 Å². The van der Waals surface area contributed by atoms with Crippen molar-refractivity contribution in [3.05, 3.63) is 63.7 Å². The van der Waals surface area contributed by atoms with Crippen molar-refractivity contribution in [2.75, 3.05) is 11.9 Å². The van der Waals surface area contributed by atoms with Crippen LogP contribution in [-0.2, 0) is 13.0 Å². The molecule has 3 N–H and O–H groups in total. The van der Waals surface area contributed by atoms with Crippen LogP contribution in [0.1, 0.15) is 11.1 Å². The molecule has 0 fully saturated rings. The van der Waals surface area contributed by atoms with Gasteiger partial charge in [0.2, 0.25) is 0 Å². The highest BCUT2D eigenvalue weighted by atomic mass is 16.6. The standard InChI is InChI=1S/C15H16N2O4/c18-8-7-11-1-4-13(5-2-11)16-10-12-3-6-15(19)14(9-12)17(20)21/h1-6,9,16,18-19H,7-8,10H2. The van der Waals surface area contributed by atoms with Gasteiger partial charge < -0.3 is 15.5 Å². The largest absolute Gasteiger partial charge is 0.502 e. The normalized spacial score (nSPS) is 10.3. The van der Waals surface area contributed by atoms with E-state index in [0.717, 1.165) is 11.3 Å². The van der Waals surface area contributed by atoms with E-state index in [2.05, 4.69) is 5.32 Å². The Morgan fingerprint density at radius 3 is 2.38 bits per heavy atom. The van der Waals surface area contributed by atoms with Crippen molar-refractivity contribution >= 4 is 11.4 Å². The molecule has 0 bridgehead atoms. The number of phenolic OH excluding ortho intramolecular Hbond substituents is 1. The molecular weight excluding hydrogens is 272 g/mol. The number of nitrogens with one attached hydrogen (secondary N) is 1. The Bertz CT molecular complexity index is 626. The van der Waals surface area contributed by atoms with Crippen molar-refractivity contribution in [3.8, 4) is 5.75 Å². The second kappa shape index (κ2) is 6.71. The Morgan fingerprint density at radius 2 is 1.76 bits per heavy atom. The SMILES string of the molecule is O=[N+]([O-])c1cc(CNc2ccc(CCO)cc2)ccc1O. The molecule has 21 heavy (non-hydrogen) atoms. The summed E-state index contributed by atoms with van der Waals surface area (Å²) in [5.74, 6) is -0.336. The summed E-state index contributed by atoms with van der Waals surface area (Å²) in [5, 5.41) is 32.1. The molecule has 2 rings (SSSR count). The first kappa shape index (κ1) is 14.8. The third kappa shape index (κ3) is 3.93. The van der Waals surface area contributed by atoms with Crippen LogP contribution >= 0.6 is 0 Å². The number of benzene rings is 2. The maximum Gasteiger partial charge on any atom is 0.311 e. The average molecular weight is 288 g/mol. The fourth-order valence-electron chi connectivity index (χ4n) is 1.95. The highest BCUT2D eigenvalue weighted by Gasteiger charge is 2.13. The summed E-state index contributed by atoms with van der Waals surface area (Å²) in [7, 11) is 0. The first-order valence-corrected chi connectivity index (χ1v) is 6.50. The summed E-state index contributed by atoms with van der Waals surface area (Å²) in [6.45, 7) is 0.532. The molecule has 0 amide bonds. The van der Waals surface area contributed by atoms with Crippen molar-refractivity contribution in [1.82, 2.24) is 0 Å². The van der Waals surface area contributed by atoms with E-state index in [1.807, 2.05) is 24.3 Å². The number of aliphatic hydroxyl groups is 1. The van der Waals surface area contributed by atoms with Gasteiger partial charge in [-0.05, 0) is 35.7 Å². The van der Waals surface area contributed by atoms with Gasteiger partial charge in [-0.1, -0.05) is 18.2 Å². The summed E-state index contributed by atoms with van der Waals surface area (Å²) in [5.41, 5.74) is 2.34. The summed E-state index contributed by atoms with van der Waals surface area (Å²) >= 11 is 0. The number of aromatic hydroxyl groups is 1. The topological polar surface area (TPSA) is 95.6 Å². The van der Waals surface area contributed by atoms with Crippen molar-refractivity contribution in [3.63, 3.8) is 0 Å². The summed E-state index contributed by atoms with van der Waals surface area (Å²) in [4.78, 5) is 10.1. The number of nitro benzene ring substituents is 1. The molecule has 0 spiro atoms. The van der Waals surface area contributed by atoms with Gasteiger partial charge in [0.05, 0.1) is 4.92 Å². The summed E-state index contributed by atoms with van der Waals surface area (Å²) in [6.07, 6.45) is 0.616. The van der Waals surface area contributed by atoms with Gasteiger partial charge in [0.25, 0.3) is 0 Å². The third-order valence-electron chi connectivity index (χ3n) is 3.09. The minimum absolute atomic E-state index is 0.115. The van der Waals surface area contributed by atoms with Gasteiger partial charge in [-0.3, -0.25) is 10.1 Å². The number of nitro groups is 1. The van der Waals surface area contributed by atoms with Gasteiger partial charge in [-0.25, -0.2) is 0 Å². The fourth-order valence-corrected chi connectivity index (χ4v) is 1.95. The zero-order valence-electron chi connectivity index (χ0n) is 11.3. The molecule has 2 aromatic rings. The zero-order valence-corrected chi connectivity index (χ0v) is 11.3. The van der Waals surface area contributed by atoms with E-state index in [4.69, 9.17) is 5.11 Å². The van der Waals surface area contributed by atoms with E-state index < -0.39 is 4.92 Å². The van der Waals surface area contributed by atoms with Crippen LogP contribution in [0.2, 0.25) is 0 Å². The van der Waals surface area contributed by atoms with Gasteiger partial charge in [0.1, 0.15) is 0 Å². The molecule has 0 saturated carbocycles. The average Bonchev–Trinajstić information content (AvgIpc) is 2.48. The predicted molar refractivity (Wildman–Crippen MR) is 79.3 cm³/mol. The molecule has 0 aliphatic carbocycles. The highest BCUT2D eigenvalue weighted by molar-refractivity contribution is 5.50. The van der Waals surface area contributed by atoms with Crippen LogP contribution < -0.4 is 5.32 Å². The molecule has 0 aromatic heterocycles. The van der Waals surface area contributed by atoms with Crippen LogP contribution in [0.15, 0.2) is 42.5 Å². The molecule has 0 unspecified atom stereocenters. The lowest BCUT2D eigenvalue weighted by Gasteiger charge is -2.08. The molecule has 0 saturated heterocycles. The second-order valence-electron chi connectivity index (χ2n) is 4.60. The van der Waals surface area contributed by atoms with Crippen molar-refractivity contribution in [2.24, 2.45) is 0 Å². The Kier molecular flexibility index (Phi) is 4.73. The third-order valence-corrected chi connectivity index (χ3v) is 3.09. The Hall–Kier alpha value is -2.60. The number of nitrogens with zero attached hydrogens (tertiary/aromatic N) is 1. The van der Waals surface area contributed by atoms with Crippen LogP contribution in [0.4, 0.5) is 11.4 Å². The highest BCUT2D eigenvalue weighted by Crippen LogP contribution is 2.26. The molecule has 0 atom stereocenters. The Morgan fingerprint density at radius 1 is 1.10 bits per heavy atom. The van der Waals surface area contributed by atoms with E-state index >= 15 is 0 Å². The molecule has 110 valence electrons. The van der Waals surface area contributed by atoms with Crippen molar-refractivity contribution in [2.45, 2.75) is 13.0 Å². The van der Waals surface area contributed by atoms with Gasteiger partial charge in [0, 0.05) is 24.9 Å². The summed E-state index contributed by atoms with van der Waals surface area (Å²) in [6, 6.07) is 11.9. The fraction of sp³-hybridized carbons (Fsp3) is 0.200. The van der Waals surface area contributed by atoms with Gasteiger partial charge in [-0.2, -0.15) is 0 Å². The number of aliphatic hydroxyl groups excluding tert-OH is 1. The van der Waals surface area contributed by atoms with Gasteiger partial charge in [-0.15, -0.1) is 0 Å². The molecular formula is C15H16N2O4. The number of rotatable bonds is 6. The van der Waals surface area contributed by atoms with Crippen LogP contribution in [0.3, 0.4) is 0 Å². The monoisotopic (exact) mass is 288 g/mol. The molecule has 2 aromatic carbocycles. The van der Waals surface area contributed by atoms with Crippen LogP contribution in [0.25, 0.3) is 0 Å². The van der Waals surface area contributed by atoms with Crippen LogP contribution in [0, 0.1) is 10.1 Å². The molecule has 0 aliphatic heterocycles. The van der Waals surface area contributed by atoms with Crippen LogP contribution in [-0.4, -0.2) is 21.7 Å². The maximum atomic E-state index is 10.8. The zero-order chi connectivity index (χ0) is 15.2. The second-order valence-corrected chi connectivity index (χ2v) is 4.60. The summed E-state index contributed by atoms with van der Waals surface area (Å²) < 4.78 is 0. The molecule has 6 heteroatoms. The van der Waals surface area contributed by atoms with E-state index in [1.165, 1.54) is 12.1 Å². The lowest BCUT2D eigenvalue weighted by atomic mass is 10.1. The Labute approximate surface area is 121 Å². The molecule has 6 nitrogen and oxygen atoms in total. The number of hydrogen-bond donors (Lipinski definition) is 3.